The van der Waals surface area contributed by atoms with Crippen LogP contribution in [0.3, 0.4) is 0 Å². The Morgan fingerprint density at radius 2 is 1.94 bits per heavy atom. The highest BCUT2D eigenvalue weighted by molar-refractivity contribution is 9.10. The van der Waals surface area contributed by atoms with Crippen LogP contribution in [0.4, 0.5) is 8.78 Å². The van der Waals surface area contributed by atoms with Crippen molar-refractivity contribution in [2.45, 2.75) is 32.4 Å². The van der Waals surface area contributed by atoms with Crippen LogP contribution in [0.15, 0.2) is 40.9 Å². The van der Waals surface area contributed by atoms with Gasteiger partial charge in [-0.05, 0) is 61.2 Å². The molecule has 186 valence electrons. The Morgan fingerprint density at radius 3 is 2.62 bits per heavy atom. The van der Waals surface area contributed by atoms with Crippen molar-refractivity contribution in [1.82, 2.24) is 9.80 Å². The van der Waals surface area contributed by atoms with Crippen molar-refractivity contribution in [3.05, 3.63) is 63.6 Å². The number of amides is 1. The van der Waals surface area contributed by atoms with E-state index in [9.17, 15) is 22.0 Å². The Balaban J connectivity index is 1.54. The number of carbonyl (C=O) groups is 1. The zero-order valence-electron chi connectivity index (χ0n) is 18.7. The first-order chi connectivity index (χ1) is 16.0. The van der Waals surface area contributed by atoms with E-state index in [1.54, 1.807) is 29.2 Å². The molecule has 2 aromatic carbocycles. The molecule has 0 spiro atoms. The molecule has 1 fully saturated rings. The highest BCUT2D eigenvalue weighted by atomic mass is 79.9. The van der Waals surface area contributed by atoms with Gasteiger partial charge in [-0.1, -0.05) is 22.0 Å². The minimum atomic E-state index is -4.04. The zero-order chi connectivity index (χ0) is 24.9. The molecule has 0 aromatic heterocycles. The van der Waals surface area contributed by atoms with Gasteiger partial charge in [-0.15, -0.1) is 0 Å². The van der Waals surface area contributed by atoms with Crippen molar-refractivity contribution in [1.29, 1.82) is 0 Å². The van der Waals surface area contributed by atoms with Crippen molar-refractivity contribution in [3.8, 4) is 5.75 Å². The number of nitrogens with zero attached hydrogens (tertiary/aromatic N) is 2. The normalized spacial score (nSPS) is 17.1. The molecule has 11 heteroatoms. The van der Waals surface area contributed by atoms with E-state index in [2.05, 4.69) is 20.8 Å². The largest absolute Gasteiger partial charge is 0.483 e. The van der Waals surface area contributed by atoms with Crippen molar-refractivity contribution in [2.75, 3.05) is 32.0 Å². The Bertz CT molecular complexity index is 1130. The number of rotatable bonds is 9. The first kappa shape index (κ1) is 26.5. The Kier molecular flexibility index (Phi) is 9.02. The molecule has 0 bridgehead atoms. The summed E-state index contributed by atoms with van der Waals surface area (Å²) in [5, 5.41) is 0. The molecule has 0 saturated carbocycles. The summed E-state index contributed by atoms with van der Waals surface area (Å²) in [6.07, 6.45) is 0.582. The van der Waals surface area contributed by atoms with Gasteiger partial charge in [0.25, 0.3) is 16.0 Å². The van der Waals surface area contributed by atoms with Gasteiger partial charge in [-0.25, -0.2) is 8.78 Å². The third-order valence-corrected chi connectivity index (χ3v) is 6.94. The monoisotopic (exact) mass is 560 g/mol. The maximum Gasteiger partial charge on any atom is 0.264 e. The molecular formula is C23H27BrF2N2O5S. The molecule has 1 aliphatic rings. The van der Waals surface area contributed by atoms with Crippen LogP contribution in [0.2, 0.25) is 0 Å². The van der Waals surface area contributed by atoms with E-state index in [1.165, 1.54) is 6.07 Å². The molecule has 34 heavy (non-hydrogen) atoms. The van der Waals surface area contributed by atoms with Gasteiger partial charge < -0.3 is 9.64 Å². The summed E-state index contributed by atoms with van der Waals surface area (Å²) in [4.78, 5) is 16.6. The fraction of sp³-hybridized carbons (Fsp3) is 0.435. The average Bonchev–Trinajstić information content (AvgIpc) is 2.75. The van der Waals surface area contributed by atoms with Gasteiger partial charge in [-0.3, -0.25) is 14.2 Å². The van der Waals surface area contributed by atoms with Gasteiger partial charge in [0, 0.05) is 36.7 Å². The Hall–Kier alpha value is -2.08. The predicted octanol–water partition coefficient (Wildman–Crippen LogP) is 3.66. The molecule has 0 aliphatic carbocycles. The number of ether oxygens (including phenoxy) is 1. The predicted molar refractivity (Wildman–Crippen MR) is 127 cm³/mol. The number of halogens is 3. The van der Waals surface area contributed by atoms with Crippen LogP contribution in [-0.2, 0) is 27.9 Å². The molecule has 1 heterocycles. The first-order valence-corrected chi connectivity index (χ1v) is 13.2. The summed E-state index contributed by atoms with van der Waals surface area (Å²) in [5.74, 6) is -1.80. The van der Waals surface area contributed by atoms with Crippen molar-refractivity contribution >= 4 is 32.0 Å². The molecule has 7 nitrogen and oxygen atoms in total. The van der Waals surface area contributed by atoms with Crippen LogP contribution in [0.1, 0.15) is 24.5 Å². The average molecular weight is 561 g/mol. The van der Waals surface area contributed by atoms with Gasteiger partial charge in [0.2, 0.25) is 0 Å². The van der Waals surface area contributed by atoms with Gasteiger partial charge in [-0.2, -0.15) is 8.42 Å². The molecule has 1 N–H and O–H groups in total. The first-order valence-electron chi connectivity index (χ1n) is 10.8. The standard InChI is InChI=1S/C23H27BrF2N2O5S/c1-16-13-27(14-17-4-6-20(25)21(26)11-17)8-9-28(16)23(29)15-33-22-7-5-19(24)12-18(22)3-2-10-34(30,31)32/h4-7,11-12,16H,2-3,8-10,13-15H2,1H3,(H,30,31,32)/t16-/m1/s1. The van der Waals surface area contributed by atoms with Crippen LogP contribution in [0.5, 0.6) is 5.75 Å². The van der Waals surface area contributed by atoms with Crippen molar-refractivity contribution < 1.29 is 31.3 Å². The molecule has 3 rings (SSSR count). The third-order valence-electron chi connectivity index (χ3n) is 5.64. The smallest absolute Gasteiger partial charge is 0.264 e. The van der Waals surface area contributed by atoms with E-state index in [0.717, 1.165) is 16.1 Å². The molecule has 2 aromatic rings. The van der Waals surface area contributed by atoms with Crippen LogP contribution >= 0.6 is 15.9 Å². The lowest BCUT2D eigenvalue weighted by molar-refractivity contribution is -0.138. The zero-order valence-corrected chi connectivity index (χ0v) is 21.1. The minimum Gasteiger partial charge on any atom is -0.483 e. The summed E-state index contributed by atoms with van der Waals surface area (Å²) in [6.45, 7) is 3.88. The highest BCUT2D eigenvalue weighted by Crippen LogP contribution is 2.25. The lowest BCUT2D eigenvalue weighted by Gasteiger charge is -2.40. The van der Waals surface area contributed by atoms with E-state index in [1.807, 2.05) is 6.92 Å². The molecular weight excluding hydrogens is 534 g/mol. The van der Waals surface area contributed by atoms with Crippen LogP contribution in [-0.4, -0.2) is 66.7 Å². The number of benzene rings is 2. The van der Waals surface area contributed by atoms with E-state index < -0.39 is 21.8 Å². The maximum absolute atomic E-state index is 13.5. The topological polar surface area (TPSA) is 87.2 Å². The lowest BCUT2D eigenvalue weighted by Crippen LogP contribution is -2.54. The van der Waals surface area contributed by atoms with Crippen LogP contribution in [0, 0.1) is 11.6 Å². The molecule has 1 amide bonds. The van der Waals surface area contributed by atoms with Gasteiger partial charge >= 0.3 is 0 Å². The Labute approximate surface area is 206 Å². The number of carbonyl (C=O) groups excluding carboxylic acids is 1. The second-order valence-electron chi connectivity index (χ2n) is 8.35. The summed E-state index contributed by atoms with van der Waals surface area (Å²) >= 11 is 3.37. The lowest BCUT2D eigenvalue weighted by atomic mass is 10.1. The summed E-state index contributed by atoms with van der Waals surface area (Å²) in [7, 11) is -4.04. The third kappa shape index (κ3) is 7.72. The van der Waals surface area contributed by atoms with E-state index in [4.69, 9.17) is 9.29 Å². The second kappa shape index (κ2) is 11.6. The SMILES string of the molecule is C[C@@H]1CN(Cc2ccc(F)c(F)c2)CCN1C(=O)COc1ccc(Br)cc1CCCS(=O)(=O)O. The van der Waals surface area contributed by atoms with Crippen LogP contribution < -0.4 is 4.74 Å². The van der Waals surface area contributed by atoms with Gasteiger partial charge in [0.1, 0.15) is 5.75 Å². The minimum absolute atomic E-state index is 0.0886. The van der Waals surface area contributed by atoms with E-state index >= 15 is 0 Å². The quantitative estimate of drug-likeness (QED) is 0.471. The van der Waals surface area contributed by atoms with Crippen molar-refractivity contribution in [3.63, 3.8) is 0 Å². The summed E-state index contributed by atoms with van der Waals surface area (Å²) in [6, 6.07) is 9.05. The maximum atomic E-state index is 13.5. The molecule has 1 aliphatic heterocycles. The fourth-order valence-corrected chi connectivity index (χ4v) is 4.91. The second-order valence-corrected chi connectivity index (χ2v) is 10.8. The van der Waals surface area contributed by atoms with E-state index in [0.29, 0.717) is 43.9 Å². The molecule has 0 radical (unpaired) electrons. The number of hydrogen-bond acceptors (Lipinski definition) is 5. The van der Waals surface area contributed by atoms with Crippen molar-refractivity contribution in [2.24, 2.45) is 0 Å². The molecule has 0 unspecified atom stereocenters. The van der Waals surface area contributed by atoms with Crippen LogP contribution in [0.25, 0.3) is 0 Å². The summed E-state index contributed by atoms with van der Waals surface area (Å²) < 4.78 is 64.1. The Morgan fingerprint density at radius 1 is 1.18 bits per heavy atom. The summed E-state index contributed by atoms with van der Waals surface area (Å²) in [5.41, 5.74) is 1.40. The molecule has 1 atom stereocenters. The number of piperazine rings is 1. The number of aryl methyl sites for hydroxylation is 1. The number of hydrogen-bond donors (Lipinski definition) is 1. The van der Waals surface area contributed by atoms with Gasteiger partial charge in [0.15, 0.2) is 18.2 Å². The molecule has 1 saturated heterocycles. The highest BCUT2D eigenvalue weighted by Gasteiger charge is 2.28. The van der Waals surface area contributed by atoms with E-state index in [-0.39, 0.29) is 30.7 Å². The van der Waals surface area contributed by atoms with Gasteiger partial charge in [0.05, 0.1) is 5.75 Å². The fourth-order valence-electron chi connectivity index (χ4n) is 3.99.